The summed E-state index contributed by atoms with van der Waals surface area (Å²) >= 11 is 0. The molecule has 0 aliphatic carbocycles. The zero-order chi connectivity index (χ0) is 22.5. The van der Waals surface area contributed by atoms with E-state index in [1.54, 1.807) is 36.4 Å². The van der Waals surface area contributed by atoms with Gasteiger partial charge in [0.05, 0.1) is 31.8 Å². The van der Waals surface area contributed by atoms with Crippen LogP contribution in [0.2, 0.25) is 0 Å². The molecule has 1 amide bonds. The van der Waals surface area contributed by atoms with Crippen LogP contribution < -0.4 is 9.47 Å². The molecular weight excluding hydrogens is 416 g/mol. The molecule has 1 atom stereocenters. The van der Waals surface area contributed by atoms with Crippen molar-refractivity contribution in [2.75, 3.05) is 20.3 Å². The van der Waals surface area contributed by atoms with Crippen molar-refractivity contribution >= 4 is 17.6 Å². The third-order valence-electron chi connectivity index (χ3n) is 4.87. The minimum Gasteiger partial charge on any atom is -0.493 e. The highest BCUT2D eigenvalue weighted by atomic mass is 16.5. The van der Waals surface area contributed by atoms with Crippen molar-refractivity contribution in [2.24, 2.45) is 5.10 Å². The second-order valence-electron chi connectivity index (χ2n) is 6.87. The molecule has 0 fully saturated rings. The first-order valence-electron chi connectivity index (χ1n) is 10.1. The molecule has 4 rings (SSSR count). The van der Waals surface area contributed by atoms with E-state index in [1.807, 2.05) is 6.92 Å². The molecule has 0 saturated heterocycles. The largest absolute Gasteiger partial charge is 0.493 e. The number of benzene rings is 1. The lowest BCUT2D eigenvalue weighted by Crippen LogP contribution is -2.31. The predicted molar refractivity (Wildman–Crippen MR) is 113 cm³/mol. The quantitative estimate of drug-likeness (QED) is 0.493. The Hall–Kier alpha value is -4.01. The van der Waals surface area contributed by atoms with Gasteiger partial charge in [-0.3, -0.25) is 4.79 Å². The fourth-order valence-electron chi connectivity index (χ4n) is 3.38. The highest BCUT2D eigenvalue weighted by Gasteiger charge is 2.36. The smallest absolute Gasteiger partial charge is 0.338 e. The summed E-state index contributed by atoms with van der Waals surface area (Å²) in [4.78, 5) is 25.4. The number of furan rings is 2. The van der Waals surface area contributed by atoms with Crippen molar-refractivity contribution in [3.05, 3.63) is 72.1 Å². The van der Waals surface area contributed by atoms with Gasteiger partial charge in [-0.2, -0.15) is 5.10 Å². The first kappa shape index (κ1) is 21.2. The normalized spacial score (nSPS) is 15.4. The van der Waals surface area contributed by atoms with Crippen LogP contribution in [0, 0.1) is 0 Å². The molecule has 9 nitrogen and oxygen atoms in total. The van der Waals surface area contributed by atoms with Crippen molar-refractivity contribution in [2.45, 2.75) is 19.4 Å². The number of hydrogen-bond acceptors (Lipinski definition) is 8. The molecule has 0 spiro atoms. The molecule has 1 aliphatic heterocycles. The van der Waals surface area contributed by atoms with E-state index >= 15 is 0 Å². The van der Waals surface area contributed by atoms with Crippen molar-refractivity contribution in [1.82, 2.24) is 5.01 Å². The Morgan fingerprint density at radius 2 is 1.94 bits per heavy atom. The highest BCUT2D eigenvalue weighted by Crippen LogP contribution is 2.33. The van der Waals surface area contributed by atoms with Crippen LogP contribution in [0.15, 0.2) is 68.9 Å². The number of carbonyl (C=O) groups is 2. The molecule has 3 aromatic rings. The van der Waals surface area contributed by atoms with Crippen molar-refractivity contribution in [3.8, 4) is 11.5 Å². The lowest BCUT2D eigenvalue weighted by Gasteiger charge is -2.19. The van der Waals surface area contributed by atoms with E-state index in [1.165, 1.54) is 30.7 Å². The maximum Gasteiger partial charge on any atom is 0.338 e. The van der Waals surface area contributed by atoms with E-state index in [2.05, 4.69) is 5.10 Å². The van der Waals surface area contributed by atoms with Gasteiger partial charge in [0, 0.05) is 6.42 Å². The zero-order valence-electron chi connectivity index (χ0n) is 17.6. The molecule has 32 heavy (non-hydrogen) atoms. The van der Waals surface area contributed by atoms with Crippen molar-refractivity contribution in [1.29, 1.82) is 0 Å². The molecule has 1 aromatic carbocycles. The summed E-state index contributed by atoms with van der Waals surface area (Å²) in [5.41, 5.74) is 0.842. The van der Waals surface area contributed by atoms with Gasteiger partial charge >= 0.3 is 5.97 Å². The maximum absolute atomic E-state index is 12.9. The van der Waals surface area contributed by atoms with E-state index < -0.39 is 24.5 Å². The molecule has 166 valence electrons. The third-order valence-corrected chi connectivity index (χ3v) is 4.87. The number of esters is 1. The zero-order valence-corrected chi connectivity index (χ0v) is 17.6. The Kier molecular flexibility index (Phi) is 6.25. The van der Waals surface area contributed by atoms with Gasteiger partial charge in [-0.1, -0.05) is 0 Å². The number of carbonyl (C=O) groups excluding carboxylic acids is 2. The minimum atomic E-state index is -0.663. The summed E-state index contributed by atoms with van der Waals surface area (Å²) < 4.78 is 26.8. The fourth-order valence-corrected chi connectivity index (χ4v) is 3.38. The van der Waals surface area contributed by atoms with Gasteiger partial charge < -0.3 is 23.0 Å². The molecule has 0 bridgehead atoms. The Balaban J connectivity index is 1.46. The second-order valence-corrected chi connectivity index (χ2v) is 6.87. The molecule has 1 aliphatic rings. The van der Waals surface area contributed by atoms with Crippen LogP contribution in [0.1, 0.15) is 41.3 Å². The molecule has 3 heterocycles. The van der Waals surface area contributed by atoms with Crippen molar-refractivity contribution < 1.29 is 32.6 Å². The van der Waals surface area contributed by atoms with E-state index in [-0.39, 0.29) is 5.56 Å². The van der Waals surface area contributed by atoms with Crippen LogP contribution in [0.3, 0.4) is 0 Å². The minimum absolute atomic E-state index is 0.238. The van der Waals surface area contributed by atoms with Gasteiger partial charge in [-0.05, 0) is 49.4 Å². The average Bonchev–Trinajstić information content (AvgIpc) is 3.58. The van der Waals surface area contributed by atoms with Crippen LogP contribution in [-0.2, 0) is 9.53 Å². The fraction of sp³-hybridized carbons (Fsp3) is 0.261. The molecule has 9 heteroatoms. The van der Waals surface area contributed by atoms with E-state index in [0.717, 1.165) is 0 Å². The highest BCUT2D eigenvalue weighted by molar-refractivity contribution is 6.01. The Labute approximate surface area is 184 Å². The molecule has 2 aromatic heterocycles. The predicted octanol–water partition coefficient (Wildman–Crippen LogP) is 3.81. The topological polar surface area (TPSA) is 104 Å². The first-order chi connectivity index (χ1) is 15.6. The van der Waals surface area contributed by atoms with Crippen LogP contribution in [0.5, 0.6) is 11.5 Å². The van der Waals surface area contributed by atoms with Crippen LogP contribution in [-0.4, -0.2) is 42.9 Å². The van der Waals surface area contributed by atoms with Gasteiger partial charge in [0.1, 0.15) is 23.3 Å². The molecular formula is C23H22N2O7. The number of methoxy groups -OCH3 is 1. The Morgan fingerprint density at radius 1 is 1.12 bits per heavy atom. The van der Waals surface area contributed by atoms with E-state index in [9.17, 15) is 9.59 Å². The molecule has 0 radical (unpaired) electrons. The summed E-state index contributed by atoms with van der Waals surface area (Å²) in [5.74, 6) is 0.906. The first-order valence-corrected chi connectivity index (χ1v) is 10.1. The summed E-state index contributed by atoms with van der Waals surface area (Å²) in [7, 11) is 1.48. The average molecular weight is 438 g/mol. The van der Waals surface area contributed by atoms with Gasteiger partial charge in [0.15, 0.2) is 18.1 Å². The molecule has 0 N–H and O–H groups in total. The lowest BCUT2D eigenvalue weighted by molar-refractivity contribution is -0.136. The van der Waals surface area contributed by atoms with Gasteiger partial charge in [-0.25, -0.2) is 9.80 Å². The number of rotatable bonds is 8. The number of nitrogens with zero attached hydrogens (tertiary/aromatic N) is 2. The molecule has 0 saturated carbocycles. The number of hydrazone groups is 1. The van der Waals surface area contributed by atoms with Crippen LogP contribution in [0.4, 0.5) is 0 Å². The maximum atomic E-state index is 12.9. The van der Waals surface area contributed by atoms with Gasteiger partial charge in [0.25, 0.3) is 5.91 Å². The van der Waals surface area contributed by atoms with Crippen molar-refractivity contribution in [3.63, 3.8) is 0 Å². The third kappa shape index (κ3) is 4.36. The van der Waals surface area contributed by atoms with E-state index in [4.69, 9.17) is 23.0 Å². The Morgan fingerprint density at radius 3 is 2.62 bits per heavy atom. The molecule has 1 unspecified atom stereocenters. The Bertz CT molecular complexity index is 1100. The van der Waals surface area contributed by atoms with Crippen LogP contribution >= 0.6 is 0 Å². The number of amides is 1. The van der Waals surface area contributed by atoms with Gasteiger partial charge in [-0.15, -0.1) is 0 Å². The van der Waals surface area contributed by atoms with Gasteiger partial charge in [0.2, 0.25) is 0 Å². The monoisotopic (exact) mass is 438 g/mol. The summed E-state index contributed by atoms with van der Waals surface area (Å²) in [6.07, 6.45) is 3.48. The summed E-state index contributed by atoms with van der Waals surface area (Å²) in [5, 5.41) is 5.66. The number of ether oxygens (including phenoxy) is 3. The standard InChI is InChI=1S/C23H22N2O7/c1-3-29-20-9-8-15(12-21(20)28-2)23(27)32-14-22(26)25-17(19-7-5-11-31-19)13-16(24-25)18-6-4-10-30-18/h4-12,17H,3,13-14H2,1-2H3. The summed E-state index contributed by atoms with van der Waals surface area (Å²) in [6, 6.07) is 11.2. The van der Waals surface area contributed by atoms with E-state index in [0.29, 0.717) is 41.8 Å². The van der Waals surface area contributed by atoms with Crippen LogP contribution in [0.25, 0.3) is 0 Å². The SMILES string of the molecule is CCOc1ccc(C(=O)OCC(=O)N2N=C(c3ccco3)CC2c2ccco2)cc1OC. The second kappa shape index (κ2) is 9.42. The summed E-state index contributed by atoms with van der Waals surface area (Å²) in [6.45, 7) is 1.82. The lowest BCUT2D eigenvalue weighted by atomic mass is 10.1. The number of hydrogen-bond donors (Lipinski definition) is 0.